The molecule has 67 heavy (non-hydrogen) atoms. The molecule has 0 radical (unpaired) electrons. The van der Waals surface area contributed by atoms with Gasteiger partial charge in [-0.25, -0.2) is 4.98 Å². The van der Waals surface area contributed by atoms with Crippen molar-refractivity contribution in [1.82, 2.24) is 24.4 Å². The molecule has 0 spiro atoms. The highest BCUT2D eigenvalue weighted by Gasteiger charge is 2.47. The molecule has 13 nitrogen and oxygen atoms in total. The van der Waals surface area contributed by atoms with Crippen LogP contribution < -0.4 is 14.2 Å². The smallest absolute Gasteiger partial charge is 0.341 e. The maximum atomic E-state index is 14.3. The lowest BCUT2D eigenvalue weighted by molar-refractivity contribution is -0.146. The molecule has 1 fully saturated rings. The molecule has 8 rings (SSSR count). The lowest BCUT2D eigenvalue weighted by atomic mass is 9.75. The number of fused-ring (bicyclic) bond motifs is 1. The van der Waals surface area contributed by atoms with Crippen LogP contribution >= 0.6 is 0 Å². The number of para-hydroxylation sites is 1. The van der Waals surface area contributed by atoms with E-state index in [4.69, 9.17) is 28.1 Å². The number of nitrogens with zero attached hydrogens (tertiary/aromatic N) is 5. The number of anilines is 1. The first-order valence-corrected chi connectivity index (χ1v) is 26.7. The molecule has 0 saturated carbocycles. The molecule has 15 heteroatoms. The zero-order valence-corrected chi connectivity index (χ0v) is 41.1. The molecule has 2 atom stereocenters. The van der Waals surface area contributed by atoms with Crippen LogP contribution in [0.1, 0.15) is 60.4 Å². The molecule has 1 aliphatic heterocycles. The van der Waals surface area contributed by atoms with Crippen molar-refractivity contribution in [3.8, 4) is 11.6 Å². The first kappa shape index (κ1) is 47.3. The third-order valence-corrected chi connectivity index (χ3v) is 18.8. The zero-order valence-electron chi connectivity index (χ0n) is 39.3. The van der Waals surface area contributed by atoms with Crippen LogP contribution in [0.5, 0.6) is 11.6 Å². The molecule has 2 aromatic heterocycles. The number of rotatable bonds is 15. The summed E-state index contributed by atoms with van der Waals surface area (Å²) in [4.78, 5) is 29.9. The van der Waals surface area contributed by atoms with Crippen molar-refractivity contribution >= 4 is 41.5 Å². The highest BCUT2D eigenvalue weighted by molar-refractivity contribution is 7.87. The van der Waals surface area contributed by atoms with E-state index in [1.165, 1.54) is 0 Å². The van der Waals surface area contributed by atoms with Gasteiger partial charge in [-0.2, -0.15) is 18.4 Å². The van der Waals surface area contributed by atoms with Crippen LogP contribution in [0.2, 0.25) is 18.1 Å². The quantitative estimate of drug-likeness (QED) is 0.0596. The van der Waals surface area contributed by atoms with Crippen molar-refractivity contribution < 1.29 is 31.3 Å². The Morgan fingerprint density at radius 3 is 1.87 bits per heavy atom. The van der Waals surface area contributed by atoms with Crippen LogP contribution in [0, 0.1) is 20.8 Å². The number of amides is 1. The third-order valence-electron chi connectivity index (χ3n) is 12.7. The van der Waals surface area contributed by atoms with Crippen LogP contribution in [0.25, 0.3) is 11.2 Å². The van der Waals surface area contributed by atoms with Gasteiger partial charge in [0, 0.05) is 13.1 Å². The maximum Gasteiger partial charge on any atom is 0.341 e. The number of carbonyl (C=O) groups excluding carboxylic acids is 1. The lowest BCUT2D eigenvalue weighted by Crippen LogP contribution is -2.58. The zero-order chi connectivity index (χ0) is 47.6. The Morgan fingerprint density at radius 1 is 0.791 bits per heavy atom. The topological polar surface area (TPSA) is 147 Å². The summed E-state index contributed by atoms with van der Waals surface area (Å²) in [6, 6.07) is 43.8. The Balaban J connectivity index is 1.27. The molecule has 0 unspecified atom stereocenters. The van der Waals surface area contributed by atoms with Crippen molar-refractivity contribution in [2.75, 3.05) is 31.6 Å². The molecular formula is C52H58N6O7SSi. The summed E-state index contributed by atoms with van der Waals surface area (Å²) in [5.74, 6) is -0.652. The monoisotopic (exact) mass is 938 g/mol. The van der Waals surface area contributed by atoms with Crippen LogP contribution in [-0.2, 0) is 29.6 Å². The largest absolute Gasteiger partial charge is 0.484 e. The standard InChI is InChI=1S/C52H58N6O7SSi/c1-36-29-37(2)47(38(3)30-36)66(60,61)65-49-46-48(55-50(56-49)54-44(59)34-62-42-27-19-12-20-28-42)58(35-53-46)45-32-57(31-43(64-45)33-63-67(7,8)51(4,5)6)52(39-21-13-9-14-22-39,40-23-15-10-16-24-40)41-25-17-11-18-26-41/h9-30,35,43,45H,31-34H2,1-8H3,(H,54,55,56,59)/t43-,45+/m0/s1. The number of hydrogen-bond donors (Lipinski definition) is 1. The number of ether oxygens (including phenoxy) is 2. The number of aromatic nitrogens is 4. The Labute approximate surface area is 394 Å². The second-order valence-electron chi connectivity index (χ2n) is 18.6. The van der Waals surface area contributed by atoms with Crippen molar-refractivity contribution in [1.29, 1.82) is 0 Å². The van der Waals surface area contributed by atoms with E-state index >= 15 is 0 Å². The van der Waals surface area contributed by atoms with Gasteiger partial charge >= 0.3 is 10.1 Å². The second kappa shape index (κ2) is 19.2. The Kier molecular flexibility index (Phi) is 13.5. The van der Waals surface area contributed by atoms with Crippen LogP contribution in [0.4, 0.5) is 5.95 Å². The molecule has 348 valence electrons. The van der Waals surface area contributed by atoms with Crippen LogP contribution in [0.3, 0.4) is 0 Å². The highest BCUT2D eigenvalue weighted by Crippen LogP contribution is 2.46. The Morgan fingerprint density at radius 2 is 1.33 bits per heavy atom. The minimum atomic E-state index is -4.48. The average molecular weight is 939 g/mol. The van der Waals surface area contributed by atoms with Gasteiger partial charge in [0.1, 0.15) is 16.9 Å². The molecule has 1 aliphatic rings. The van der Waals surface area contributed by atoms with Gasteiger partial charge in [-0.3, -0.25) is 19.6 Å². The predicted molar refractivity (Wildman–Crippen MR) is 262 cm³/mol. The fourth-order valence-electron chi connectivity index (χ4n) is 8.69. The number of carbonyl (C=O) groups is 1. The predicted octanol–water partition coefficient (Wildman–Crippen LogP) is 9.75. The van der Waals surface area contributed by atoms with Crippen molar-refractivity contribution in [3.05, 3.63) is 173 Å². The molecular weight excluding hydrogens is 881 g/mol. The average Bonchev–Trinajstić information content (AvgIpc) is 3.73. The van der Waals surface area contributed by atoms with Gasteiger partial charge in [0.05, 0.1) is 24.6 Å². The summed E-state index contributed by atoms with van der Waals surface area (Å²) in [5.41, 5.74) is 4.51. The van der Waals surface area contributed by atoms with Gasteiger partial charge in [0.15, 0.2) is 26.1 Å². The molecule has 3 heterocycles. The molecule has 7 aromatic rings. The summed E-state index contributed by atoms with van der Waals surface area (Å²) in [7, 11) is -6.75. The number of imidazole rings is 1. The minimum absolute atomic E-state index is 0.0149. The van der Waals surface area contributed by atoms with Crippen molar-refractivity contribution in [2.45, 2.75) is 82.4 Å². The van der Waals surface area contributed by atoms with Crippen molar-refractivity contribution in [2.24, 2.45) is 0 Å². The lowest BCUT2D eigenvalue weighted by Gasteiger charge is -2.51. The van der Waals surface area contributed by atoms with E-state index in [0.29, 0.717) is 36.6 Å². The van der Waals surface area contributed by atoms with Gasteiger partial charge < -0.3 is 18.1 Å². The summed E-state index contributed by atoms with van der Waals surface area (Å²) in [6.45, 7) is 17.2. The number of nitrogens with one attached hydrogen (secondary N) is 1. The third kappa shape index (κ3) is 9.92. The van der Waals surface area contributed by atoms with Gasteiger partial charge in [-0.05, 0) is 78.9 Å². The Bertz CT molecular complexity index is 2830. The van der Waals surface area contributed by atoms with Gasteiger partial charge in [-0.15, -0.1) is 0 Å². The van der Waals surface area contributed by atoms with E-state index in [1.54, 1.807) is 61.1 Å². The first-order chi connectivity index (χ1) is 32.0. The van der Waals surface area contributed by atoms with Gasteiger partial charge in [0.2, 0.25) is 5.95 Å². The summed E-state index contributed by atoms with van der Waals surface area (Å²) in [5, 5.41) is 2.65. The number of morpholine rings is 1. The van der Waals surface area contributed by atoms with E-state index in [1.807, 2.05) is 31.2 Å². The normalized spacial score (nSPS) is 16.2. The van der Waals surface area contributed by atoms with E-state index in [2.05, 4.69) is 122 Å². The van der Waals surface area contributed by atoms with Gasteiger partial charge in [-0.1, -0.05) is 148 Å². The van der Waals surface area contributed by atoms with E-state index in [0.717, 1.165) is 22.3 Å². The summed E-state index contributed by atoms with van der Waals surface area (Å²) in [6.07, 6.45) is 0.328. The first-order valence-electron chi connectivity index (χ1n) is 22.4. The summed E-state index contributed by atoms with van der Waals surface area (Å²) < 4.78 is 55.9. The van der Waals surface area contributed by atoms with E-state index < -0.39 is 42.2 Å². The molecule has 5 aromatic carbocycles. The SMILES string of the molecule is Cc1cc(C)c(S(=O)(=O)Oc2nc(NC(=O)COc3ccccc3)nc3c2ncn3[C@H]2CN(C(c3ccccc3)(c3ccccc3)c3ccccc3)C[C@@H](CO[Si](C)(C)C(C)(C)C)O2)c(C)c1. The maximum absolute atomic E-state index is 14.3. The van der Waals surface area contributed by atoms with Crippen LogP contribution in [0.15, 0.2) is 145 Å². The molecule has 0 bridgehead atoms. The molecule has 1 amide bonds. The van der Waals surface area contributed by atoms with Crippen molar-refractivity contribution in [3.63, 3.8) is 0 Å². The van der Waals surface area contributed by atoms with Gasteiger partial charge in [0.25, 0.3) is 11.8 Å². The number of benzene rings is 5. The molecule has 0 aliphatic carbocycles. The minimum Gasteiger partial charge on any atom is -0.484 e. The fraction of sp³-hybridized carbons (Fsp3) is 0.308. The highest BCUT2D eigenvalue weighted by atomic mass is 32.2. The Hall–Kier alpha value is -6.23. The number of hydrogen-bond acceptors (Lipinski definition) is 11. The second-order valence-corrected chi connectivity index (χ2v) is 24.9. The van der Waals surface area contributed by atoms with E-state index in [9.17, 15) is 13.2 Å². The number of aryl methyl sites for hydroxylation is 3. The fourth-order valence-corrected chi connectivity index (χ4v) is 11.0. The van der Waals surface area contributed by atoms with E-state index in [-0.39, 0.29) is 39.5 Å². The molecule has 1 N–H and O–H groups in total. The summed E-state index contributed by atoms with van der Waals surface area (Å²) >= 11 is 0. The molecule has 1 saturated heterocycles. The van der Waals surface area contributed by atoms with Crippen LogP contribution in [-0.4, -0.2) is 79.5 Å².